The number of hydrogen-bond acceptors (Lipinski definition) is 19. The molecular formula is C86H143N19O14. The van der Waals surface area contributed by atoms with Gasteiger partial charge in [-0.05, 0) is 190 Å². The van der Waals surface area contributed by atoms with Gasteiger partial charge in [-0.1, -0.05) is 142 Å². The molecule has 2 aromatic carbocycles. The zero-order chi connectivity index (χ0) is 87.5. The molecule has 14 atom stereocenters. The highest BCUT2D eigenvalue weighted by atomic mass is 16.2. The molecule has 0 bridgehead atoms. The molecule has 0 radical (unpaired) electrons. The molecule has 5 rings (SSSR count). The lowest BCUT2D eigenvalue weighted by Gasteiger charge is -2.33. The Bertz CT molecular complexity index is 3540. The standard InChI is InChI=1S/C86H143N19O14/c1-9-10-11-12-19-41-71(106)93-61(35-21-24-43-88)75(108)94-60(34-20-23-42-87)74(107)92-53-57(8)73-84(117)97-64(38-27-46-91)77(110)99-66(50-55(4)5)80(113)100-67(51-58-30-15-13-16-31-58)85(118)104-47-28-39-69(104)81(114)95-62(36-22-25-44-89)78(111)102-72(56(6)7)83(116)96-63(37-26-45-90)76(109)98-65(49-54(2)3)79(112)101-68(52-59-32-17-14-18-33-59)86(119)105-48-29-40-70(105)82(115)103-73/h13-18,30-33,54-57,60-70,72-73H,9-12,19-29,34-53,87-91H2,1-8H3,(H,92,107)(H,93,106)(H,94,108)(H,95,114)(H,96,116)(H,97,117)(H,98,109)(H,99,110)(H,100,113)(H,101,112)(H,102,111)(H,103,115)/t57?,60-,61-,62+,63-,64-,65-,66-,67+,68+,69-,70-,72-,73-/m0/s1. The topological polar surface area (TPSA) is 520 Å². The lowest BCUT2D eigenvalue weighted by molar-refractivity contribution is -0.143. The van der Waals surface area contributed by atoms with Crippen LogP contribution in [0.1, 0.15) is 227 Å². The summed E-state index contributed by atoms with van der Waals surface area (Å²) in [4.78, 5) is 212. The maximum absolute atomic E-state index is 15.6. The van der Waals surface area contributed by atoms with Crippen LogP contribution >= 0.6 is 0 Å². The van der Waals surface area contributed by atoms with Gasteiger partial charge in [0.05, 0.1) is 0 Å². The molecule has 1 unspecified atom stereocenters. The van der Waals surface area contributed by atoms with Gasteiger partial charge in [0.2, 0.25) is 82.7 Å². The predicted octanol–water partition coefficient (Wildman–Crippen LogP) is 1.53. The molecule has 3 saturated heterocycles. The van der Waals surface area contributed by atoms with Crippen LogP contribution in [0.3, 0.4) is 0 Å². The second-order valence-corrected chi connectivity index (χ2v) is 33.4. The lowest BCUT2D eigenvalue weighted by Crippen LogP contribution is -2.62. The Kier molecular flexibility index (Phi) is 45.7. The van der Waals surface area contributed by atoms with E-state index in [0.29, 0.717) is 69.0 Å². The Morgan fingerprint density at radius 2 is 0.782 bits per heavy atom. The smallest absolute Gasteiger partial charge is 0.246 e. The average Bonchev–Trinajstić information content (AvgIpc) is 1.73. The number of carbonyl (C=O) groups excluding carboxylic acids is 14. The first kappa shape index (κ1) is 100. The van der Waals surface area contributed by atoms with Crippen LogP contribution < -0.4 is 92.5 Å². The number of carbonyl (C=O) groups is 14. The van der Waals surface area contributed by atoms with E-state index >= 15 is 33.6 Å². The maximum Gasteiger partial charge on any atom is 0.246 e. The minimum absolute atomic E-state index is 0.00593. The van der Waals surface area contributed by atoms with E-state index in [1.165, 1.54) is 9.80 Å². The van der Waals surface area contributed by atoms with Gasteiger partial charge in [0, 0.05) is 44.8 Å². The van der Waals surface area contributed by atoms with Crippen molar-refractivity contribution < 1.29 is 67.1 Å². The van der Waals surface area contributed by atoms with Crippen LogP contribution in [0.15, 0.2) is 60.7 Å². The fourth-order valence-electron chi connectivity index (χ4n) is 15.3. The highest BCUT2D eigenvalue weighted by Crippen LogP contribution is 2.25. The van der Waals surface area contributed by atoms with E-state index in [0.717, 1.165) is 25.7 Å². The monoisotopic (exact) mass is 1670 g/mol. The van der Waals surface area contributed by atoms with Gasteiger partial charge in [0.15, 0.2) is 0 Å². The van der Waals surface area contributed by atoms with Crippen LogP contribution in [0, 0.1) is 23.7 Å². The van der Waals surface area contributed by atoms with Crippen molar-refractivity contribution in [1.29, 1.82) is 0 Å². The molecule has 0 aliphatic carbocycles. The van der Waals surface area contributed by atoms with Gasteiger partial charge in [-0.2, -0.15) is 0 Å². The van der Waals surface area contributed by atoms with E-state index < -0.39 is 167 Å². The third-order valence-corrected chi connectivity index (χ3v) is 22.1. The molecule has 33 heteroatoms. The summed E-state index contributed by atoms with van der Waals surface area (Å²) in [5, 5.41) is 34.4. The third kappa shape index (κ3) is 34.5. The number of nitrogens with zero attached hydrogens (tertiary/aromatic N) is 2. The molecule has 3 fully saturated rings. The number of benzene rings is 2. The zero-order valence-electron chi connectivity index (χ0n) is 71.8. The summed E-state index contributed by atoms with van der Waals surface area (Å²) in [5.41, 5.74) is 31.1. The number of nitrogens with one attached hydrogen (secondary N) is 12. The van der Waals surface area contributed by atoms with E-state index in [1.54, 1.807) is 81.4 Å². The Balaban J connectivity index is 1.66. The normalized spacial score (nSPS) is 23.5. The summed E-state index contributed by atoms with van der Waals surface area (Å²) in [6, 6.07) is 0.701. The second kappa shape index (κ2) is 54.2. The van der Waals surface area contributed by atoms with E-state index in [4.69, 9.17) is 28.7 Å². The van der Waals surface area contributed by atoms with Crippen molar-refractivity contribution >= 4 is 82.7 Å². The van der Waals surface area contributed by atoms with Gasteiger partial charge in [0.25, 0.3) is 0 Å². The quantitative estimate of drug-likeness (QED) is 0.0421. The Hall–Kier alpha value is -9.18. The largest absolute Gasteiger partial charge is 0.354 e. The number of fused-ring (bicyclic) bond motifs is 2. The SMILES string of the molecule is CCCCCCCC(=O)N[C@@H](CCCCN)C(=O)N[C@@H](CCCCN)C(=O)NCC(C)[C@@H]1NC(=O)[C@@H]2CCCN2C(=O)[C@@H](Cc2ccccc2)NC(=O)[C@H](CC(C)C)NC(=O)[C@H](CCCN)NC(=O)[C@H](C(C)C)NC(=O)[C@@H](CCCCN)NC(=O)[C@@H]2CCCN2C(=O)[C@@H](Cc2ccccc2)NC(=O)[C@H](CC(C)C)NC(=O)[C@H](CCCN)NC1=O. The molecule has 0 saturated carbocycles. The molecule has 3 aliphatic rings. The molecule has 3 heterocycles. The number of nitrogens with two attached hydrogens (primary N) is 5. The van der Waals surface area contributed by atoms with Crippen molar-refractivity contribution in [3.8, 4) is 0 Å². The van der Waals surface area contributed by atoms with Crippen LogP contribution in [0.5, 0.6) is 0 Å². The summed E-state index contributed by atoms with van der Waals surface area (Å²) >= 11 is 0. The molecular weight excluding hydrogens is 1520 g/mol. The van der Waals surface area contributed by atoms with Gasteiger partial charge >= 0.3 is 0 Å². The molecule has 3 aliphatic heterocycles. The van der Waals surface area contributed by atoms with Crippen molar-refractivity contribution in [3.63, 3.8) is 0 Å². The molecule has 666 valence electrons. The minimum atomic E-state index is -1.62. The zero-order valence-corrected chi connectivity index (χ0v) is 71.8. The summed E-state index contributed by atoms with van der Waals surface area (Å²) < 4.78 is 0. The highest BCUT2D eigenvalue weighted by Gasteiger charge is 2.44. The van der Waals surface area contributed by atoms with Gasteiger partial charge in [-0.25, -0.2) is 0 Å². The van der Waals surface area contributed by atoms with Crippen LogP contribution in [0.4, 0.5) is 0 Å². The summed E-state index contributed by atoms with van der Waals surface area (Å²) in [7, 11) is 0. The van der Waals surface area contributed by atoms with Crippen LogP contribution in [-0.2, 0) is 80.0 Å². The average molecular weight is 1670 g/mol. The van der Waals surface area contributed by atoms with E-state index in [-0.39, 0.29) is 160 Å². The van der Waals surface area contributed by atoms with E-state index in [9.17, 15) is 33.6 Å². The summed E-state index contributed by atoms with van der Waals surface area (Å²) in [5.74, 6) is -12.1. The van der Waals surface area contributed by atoms with Crippen molar-refractivity contribution in [2.75, 3.05) is 52.4 Å². The Labute approximate surface area is 704 Å². The number of amides is 14. The van der Waals surface area contributed by atoms with Crippen molar-refractivity contribution in [3.05, 3.63) is 71.8 Å². The lowest BCUT2D eigenvalue weighted by atomic mass is 9.98. The van der Waals surface area contributed by atoms with Gasteiger partial charge in [-0.15, -0.1) is 0 Å². The van der Waals surface area contributed by atoms with Crippen molar-refractivity contribution in [1.82, 2.24) is 73.6 Å². The second-order valence-electron chi connectivity index (χ2n) is 33.4. The minimum Gasteiger partial charge on any atom is -0.354 e. The molecule has 119 heavy (non-hydrogen) atoms. The fourth-order valence-corrected chi connectivity index (χ4v) is 15.3. The highest BCUT2D eigenvalue weighted by molar-refractivity contribution is 6.01. The van der Waals surface area contributed by atoms with Crippen molar-refractivity contribution in [2.24, 2.45) is 52.3 Å². The van der Waals surface area contributed by atoms with Crippen molar-refractivity contribution in [2.45, 2.75) is 307 Å². The molecule has 14 amide bonds. The van der Waals surface area contributed by atoms with Gasteiger partial charge in [0.1, 0.15) is 78.5 Å². The Morgan fingerprint density at radius 3 is 1.23 bits per heavy atom. The van der Waals surface area contributed by atoms with Crippen LogP contribution in [0.25, 0.3) is 0 Å². The number of unbranched alkanes of at least 4 members (excludes halogenated alkanes) is 7. The maximum atomic E-state index is 15.6. The molecule has 0 aromatic heterocycles. The molecule has 0 spiro atoms. The fraction of sp³-hybridized carbons (Fsp3) is 0.698. The first-order valence-electron chi connectivity index (χ1n) is 43.8. The third-order valence-electron chi connectivity index (χ3n) is 22.1. The molecule has 22 N–H and O–H groups in total. The molecule has 2 aromatic rings. The van der Waals surface area contributed by atoms with Crippen LogP contribution in [-0.4, -0.2) is 223 Å². The number of hydrogen-bond donors (Lipinski definition) is 17. The van der Waals surface area contributed by atoms with Gasteiger partial charge in [-0.3, -0.25) is 67.1 Å². The molecule has 33 nitrogen and oxygen atoms in total. The summed E-state index contributed by atoms with van der Waals surface area (Å²) in [6.07, 6.45) is 9.04. The van der Waals surface area contributed by atoms with Gasteiger partial charge < -0.3 is 102 Å². The first-order valence-corrected chi connectivity index (χ1v) is 43.8. The van der Waals surface area contributed by atoms with E-state index in [1.807, 2.05) is 27.7 Å². The van der Waals surface area contributed by atoms with Crippen LogP contribution in [0.2, 0.25) is 0 Å². The Morgan fingerprint density at radius 1 is 0.403 bits per heavy atom. The number of rotatable bonds is 40. The first-order chi connectivity index (χ1) is 57.0. The predicted molar refractivity (Wildman–Crippen MR) is 456 cm³/mol. The summed E-state index contributed by atoms with van der Waals surface area (Å²) in [6.45, 7) is 15.2. The van der Waals surface area contributed by atoms with E-state index in [2.05, 4.69) is 70.7 Å².